The van der Waals surface area contributed by atoms with E-state index in [1.165, 1.54) is 6.07 Å². The van der Waals surface area contributed by atoms with E-state index in [9.17, 15) is 9.18 Å². The quantitative estimate of drug-likeness (QED) is 0.684. The monoisotopic (exact) mass is 391 g/mol. The fourth-order valence-electron chi connectivity index (χ4n) is 2.43. The zero-order chi connectivity index (χ0) is 13.8. The third kappa shape index (κ3) is 3.37. The molecule has 2 nitrogen and oxygen atoms in total. The molecule has 0 N–H and O–H groups in total. The Hall–Kier alpha value is -0.420. The average Bonchev–Trinajstić information content (AvgIpc) is 2.66. The molecule has 1 aliphatic rings. The molecule has 1 aliphatic heterocycles. The van der Waals surface area contributed by atoms with Crippen molar-refractivity contribution in [2.24, 2.45) is 0 Å². The lowest BCUT2D eigenvalue weighted by molar-refractivity contribution is 0.0701. The summed E-state index contributed by atoms with van der Waals surface area (Å²) in [6.45, 7) is 0.748. The lowest BCUT2D eigenvalue weighted by atomic mass is 10.1. The van der Waals surface area contributed by atoms with Crippen LogP contribution in [0.1, 0.15) is 36.0 Å². The number of nitrogens with zero attached hydrogens (tertiary/aromatic N) is 1. The topological polar surface area (TPSA) is 20.3 Å². The van der Waals surface area contributed by atoms with Gasteiger partial charge >= 0.3 is 0 Å². The van der Waals surface area contributed by atoms with E-state index in [1.54, 1.807) is 12.1 Å². The highest BCUT2D eigenvalue weighted by Crippen LogP contribution is 2.25. The fourth-order valence-corrected chi connectivity index (χ4v) is 3.54. The van der Waals surface area contributed by atoms with Gasteiger partial charge in [0.05, 0.1) is 10.0 Å². The third-order valence-electron chi connectivity index (χ3n) is 3.50. The number of carbonyl (C=O) groups excluding carboxylic acids is 1. The molecule has 1 unspecified atom stereocenters. The summed E-state index contributed by atoms with van der Waals surface area (Å²) in [6.07, 6.45) is 4.31. The Labute approximate surface area is 129 Å². The number of rotatable bonds is 2. The summed E-state index contributed by atoms with van der Waals surface area (Å²) in [5, 5.41) is 0.770. The van der Waals surface area contributed by atoms with Gasteiger partial charge < -0.3 is 4.90 Å². The molecule has 5 heteroatoms. The molecule has 19 heavy (non-hydrogen) atoms. The molecule has 1 atom stereocenters. The van der Waals surface area contributed by atoms with Gasteiger partial charge in [-0.2, -0.15) is 0 Å². The summed E-state index contributed by atoms with van der Waals surface area (Å²) in [7, 11) is 0. The molecule has 1 fully saturated rings. The Morgan fingerprint density at radius 2 is 2.16 bits per heavy atom. The minimum absolute atomic E-state index is 0.0854. The summed E-state index contributed by atoms with van der Waals surface area (Å²) in [5.74, 6) is -0.478. The molecule has 0 radical (unpaired) electrons. The van der Waals surface area contributed by atoms with Gasteiger partial charge in [0.1, 0.15) is 5.82 Å². The van der Waals surface area contributed by atoms with Crippen molar-refractivity contribution in [3.63, 3.8) is 0 Å². The van der Waals surface area contributed by atoms with Crippen LogP contribution in [-0.2, 0) is 0 Å². The number of hydrogen-bond donors (Lipinski definition) is 0. The minimum Gasteiger partial charge on any atom is -0.335 e. The van der Waals surface area contributed by atoms with Gasteiger partial charge in [0.2, 0.25) is 0 Å². The van der Waals surface area contributed by atoms with Gasteiger partial charge in [0.25, 0.3) is 5.91 Å². The van der Waals surface area contributed by atoms with Crippen LogP contribution in [0.15, 0.2) is 22.7 Å². The molecule has 1 aromatic carbocycles. The second kappa shape index (κ2) is 6.84. The van der Waals surface area contributed by atoms with E-state index in [0.717, 1.165) is 37.6 Å². The van der Waals surface area contributed by atoms with Gasteiger partial charge in [-0.3, -0.25) is 4.79 Å². The Balaban J connectivity index is 2.28. The first-order chi connectivity index (χ1) is 9.15. The molecule has 0 aromatic heterocycles. The number of halogens is 3. The van der Waals surface area contributed by atoms with Gasteiger partial charge in [0.15, 0.2) is 0 Å². The molecule has 1 heterocycles. The normalized spacial score (nSPS) is 20.2. The van der Waals surface area contributed by atoms with Crippen LogP contribution in [0.4, 0.5) is 4.39 Å². The number of hydrogen-bond acceptors (Lipinski definition) is 1. The molecule has 1 aromatic rings. The van der Waals surface area contributed by atoms with Crippen LogP contribution in [0.2, 0.25) is 0 Å². The predicted octanol–water partition coefficient (Wildman–Crippen LogP) is 4.37. The van der Waals surface area contributed by atoms with E-state index < -0.39 is 5.82 Å². The third-order valence-corrected chi connectivity index (χ3v) is 5.05. The van der Waals surface area contributed by atoms with E-state index in [4.69, 9.17) is 0 Å². The molecule has 0 saturated carbocycles. The highest BCUT2D eigenvalue weighted by atomic mass is 79.9. The van der Waals surface area contributed by atoms with E-state index in [2.05, 4.69) is 31.9 Å². The summed E-state index contributed by atoms with van der Waals surface area (Å²) < 4.78 is 13.8. The van der Waals surface area contributed by atoms with Crippen molar-refractivity contribution in [2.45, 2.75) is 31.7 Å². The Kier molecular flexibility index (Phi) is 5.39. The van der Waals surface area contributed by atoms with Crippen LogP contribution in [0.25, 0.3) is 0 Å². The minimum atomic E-state index is -0.393. The largest absolute Gasteiger partial charge is 0.335 e. The van der Waals surface area contributed by atoms with Crippen molar-refractivity contribution >= 4 is 37.8 Å². The lowest BCUT2D eigenvalue weighted by Gasteiger charge is -2.29. The summed E-state index contributed by atoms with van der Waals surface area (Å²) in [4.78, 5) is 14.5. The number of amides is 1. The molecule has 1 saturated heterocycles. The van der Waals surface area contributed by atoms with Crippen molar-refractivity contribution in [1.82, 2.24) is 4.90 Å². The number of benzene rings is 1. The Morgan fingerprint density at radius 3 is 2.89 bits per heavy atom. The molecule has 2 rings (SSSR count). The van der Waals surface area contributed by atoms with Gasteiger partial charge in [-0.15, -0.1) is 0 Å². The van der Waals surface area contributed by atoms with Gasteiger partial charge in [-0.25, -0.2) is 4.39 Å². The second-order valence-electron chi connectivity index (χ2n) is 4.76. The van der Waals surface area contributed by atoms with Gasteiger partial charge in [-0.1, -0.05) is 34.8 Å². The average molecular weight is 393 g/mol. The predicted molar refractivity (Wildman–Crippen MR) is 81.2 cm³/mol. The van der Waals surface area contributed by atoms with Crippen molar-refractivity contribution in [1.29, 1.82) is 0 Å². The van der Waals surface area contributed by atoms with Crippen molar-refractivity contribution in [3.05, 3.63) is 34.1 Å². The number of carbonyl (C=O) groups is 1. The summed E-state index contributed by atoms with van der Waals surface area (Å²) >= 11 is 6.65. The molecule has 0 spiro atoms. The van der Waals surface area contributed by atoms with Crippen molar-refractivity contribution < 1.29 is 9.18 Å². The fraction of sp³-hybridized carbons (Fsp3) is 0.500. The van der Waals surface area contributed by atoms with Crippen LogP contribution >= 0.6 is 31.9 Å². The maximum Gasteiger partial charge on any atom is 0.255 e. The first-order valence-corrected chi connectivity index (χ1v) is 8.37. The first kappa shape index (κ1) is 15.0. The lowest BCUT2D eigenvalue weighted by Crippen LogP contribution is -2.41. The van der Waals surface area contributed by atoms with Crippen molar-refractivity contribution in [3.8, 4) is 0 Å². The summed E-state index contributed by atoms with van der Waals surface area (Å²) in [5.41, 5.74) is 0.410. The maximum atomic E-state index is 13.5. The molecular formula is C14H16Br2FNO. The summed E-state index contributed by atoms with van der Waals surface area (Å²) in [6, 6.07) is 4.80. The van der Waals surface area contributed by atoms with Gasteiger partial charge in [-0.05, 0) is 40.9 Å². The smallest absolute Gasteiger partial charge is 0.255 e. The molecule has 0 aliphatic carbocycles. The van der Waals surface area contributed by atoms with Gasteiger partial charge in [0, 0.05) is 17.9 Å². The van der Waals surface area contributed by atoms with Crippen molar-refractivity contribution in [2.75, 3.05) is 11.9 Å². The van der Waals surface area contributed by atoms with E-state index in [1.807, 2.05) is 4.90 Å². The molecule has 1 amide bonds. The highest BCUT2D eigenvalue weighted by molar-refractivity contribution is 9.10. The van der Waals surface area contributed by atoms with Crippen LogP contribution in [0.5, 0.6) is 0 Å². The molecule has 104 valence electrons. The Morgan fingerprint density at radius 1 is 1.37 bits per heavy atom. The van der Waals surface area contributed by atoms with Crippen LogP contribution < -0.4 is 0 Å². The second-order valence-corrected chi connectivity index (χ2v) is 6.20. The first-order valence-electron chi connectivity index (χ1n) is 6.46. The van der Waals surface area contributed by atoms with Crippen LogP contribution in [0, 0.1) is 5.82 Å². The SMILES string of the molecule is O=C(c1cccc(F)c1Br)N1CCCCCC1CBr. The zero-order valence-corrected chi connectivity index (χ0v) is 13.7. The van der Waals surface area contributed by atoms with Crippen LogP contribution in [0.3, 0.4) is 0 Å². The van der Waals surface area contributed by atoms with E-state index >= 15 is 0 Å². The highest BCUT2D eigenvalue weighted by Gasteiger charge is 2.27. The number of likely N-dealkylation sites (tertiary alicyclic amines) is 1. The maximum absolute atomic E-state index is 13.5. The molecule has 0 bridgehead atoms. The molecular weight excluding hydrogens is 377 g/mol. The Bertz CT molecular complexity index is 467. The standard InChI is InChI=1S/C14H16Br2FNO/c15-9-10-5-2-1-3-8-18(10)14(19)11-6-4-7-12(17)13(11)16/h4,6-7,10H,1-3,5,8-9H2. The number of alkyl halides is 1. The zero-order valence-electron chi connectivity index (χ0n) is 10.5. The van der Waals surface area contributed by atoms with E-state index in [-0.39, 0.29) is 16.4 Å². The van der Waals surface area contributed by atoms with Crippen LogP contribution in [-0.4, -0.2) is 28.7 Å². The van der Waals surface area contributed by atoms with E-state index in [0.29, 0.717) is 5.56 Å².